The maximum atomic E-state index is 12.7. The Labute approximate surface area is 129 Å². The fourth-order valence-corrected chi connectivity index (χ4v) is 2.29. The molecule has 0 saturated heterocycles. The third-order valence-corrected chi connectivity index (χ3v) is 3.51. The molecule has 2 rings (SSSR count). The average molecular weight is 304 g/mol. The molecule has 0 unspecified atom stereocenters. The fraction of sp³-hybridized carbons (Fsp3) is 0.250. The number of hydrogen-bond donors (Lipinski definition) is 1. The predicted molar refractivity (Wildman–Crippen MR) is 85.7 cm³/mol. The molecule has 0 aliphatic heterocycles. The molecule has 0 saturated carbocycles. The van der Waals surface area contributed by atoms with Crippen molar-refractivity contribution in [3.8, 4) is 0 Å². The molecule has 1 aromatic carbocycles. The van der Waals surface area contributed by atoms with Gasteiger partial charge in [-0.1, -0.05) is 11.6 Å². The van der Waals surface area contributed by atoms with Gasteiger partial charge in [0.25, 0.3) is 5.91 Å². The number of pyridine rings is 1. The second kappa shape index (κ2) is 7.09. The molecule has 0 bridgehead atoms. The van der Waals surface area contributed by atoms with E-state index in [0.29, 0.717) is 23.7 Å². The molecule has 21 heavy (non-hydrogen) atoms. The molecule has 0 aliphatic carbocycles. The van der Waals surface area contributed by atoms with E-state index in [1.165, 1.54) is 0 Å². The summed E-state index contributed by atoms with van der Waals surface area (Å²) in [5, 5.41) is 3.58. The van der Waals surface area contributed by atoms with Crippen molar-refractivity contribution in [2.24, 2.45) is 0 Å². The highest BCUT2D eigenvalue weighted by molar-refractivity contribution is 6.31. The fourth-order valence-electron chi connectivity index (χ4n) is 2.12. The smallest absolute Gasteiger partial charge is 0.256 e. The predicted octanol–water partition coefficient (Wildman–Crippen LogP) is 3.44. The third kappa shape index (κ3) is 3.73. The molecule has 0 fully saturated rings. The molecular formula is C16H18ClN3O. The van der Waals surface area contributed by atoms with Crippen LogP contribution >= 0.6 is 11.6 Å². The molecule has 0 aliphatic rings. The molecule has 1 aromatic heterocycles. The van der Waals surface area contributed by atoms with Crippen LogP contribution in [0.4, 0.5) is 5.69 Å². The first kappa shape index (κ1) is 15.3. The standard InChI is InChI=1S/C16H18ClN3O/c1-3-20(11-12-6-8-19-9-7-12)16(21)14-10-13(17)4-5-15(14)18-2/h4-10,18H,3,11H2,1-2H3. The monoisotopic (exact) mass is 303 g/mol. The van der Waals surface area contributed by atoms with Gasteiger partial charge in [0.15, 0.2) is 0 Å². The molecule has 5 heteroatoms. The number of hydrogen-bond acceptors (Lipinski definition) is 3. The maximum Gasteiger partial charge on any atom is 0.256 e. The van der Waals surface area contributed by atoms with Gasteiger partial charge in [-0.05, 0) is 42.8 Å². The van der Waals surface area contributed by atoms with Crippen molar-refractivity contribution in [1.29, 1.82) is 0 Å². The zero-order valence-electron chi connectivity index (χ0n) is 12.1. The van der Waals surface area contributed by atoms with Crippen LogP contribution in [0.15, 0.2) is 42.7 Å². The number of carbonyl (C=O) groups excluding carboxylic acids is 1. The van der Waals surface area contributed by atoms with Crippen LogP contribution < -0.4 is 5.32 Å². The van der Waals surface area contributed by atoms with E-state index in [-0.39, 0.29) is 5.91 Å². The van der Waals surface area contributed by atoms with Gasteiger partial charge in [0.2, 0.25) is 0 Å². The Kier molecular flexibility index (Phi) is 5.17. The van der Waals surface area contributed by atoms with Crippen molar-refractivity contribution in [3.05, 3.63) is 58.9 Å². The lowest BCUT2D eigenvalue weighted by molar-refractivity contribution is 0.0753. The molecule has 0 atom stereocenters. The molecule has 1 amide bonds. The normalized spacial score (nSPS) is 10.2. The topological polar surface area (TPSA) is 45.2 Å². The molecule has 0 radical (unpaired) electrons. The van der Waals surface area contributed by atoms with Crippen LogP contribution in [0, 0.1) is 0 Å². The summed E-state index contributed by atoms with van der Waals surface area (Å²) in [6.45, 7) is 3.13. The van der Waals surface area contributed by atoms with Crippen LogP contribution in [0.2, 0.25) is 5.02 Å². The van der Waals surface area contributed by atoms with Crippen LogP contribution in [0.3, 0.4) is 0 Å². The molecule has 1 heterocycles. The minimum atomic E-state index is -0.0406. The zero-order chi connectivity index (χ0) is 15.2. The van der Waals surface area contributed by atoms with Crippen LogP contribution in [0.25, 0.3) is 0 Å². The lowest BCUT2D eigenvalue weighted by Crippen LogP contribution is -2.30. The summed E-state index contributed by atoms with van der Waals surface area (Å²) in [6, 6.07) is 9.10. The highest BCUT2D eigenvalue weighted by Crippen LogP contribution is 2.22. The Morgan fingerprint density at radius 3 is 2.62 bits per heavy atom. The van der Waals surface area contributed by atoms with Gasteiger partial charge in [-0.2, -0.15) is 0 Å². The van der Waals surface area contributed by atoms with Gasteiger partial charge in [-0.3, -0.25) is 9.78 Å². The Bertz CT molecular complexity index is 616. The number of benzene rings is 1. The summed E-state index contributed by atoms with van der Waals surface area (Å²) in [4.78, 5) is 18.5. The number of halogens is 1. The minimum absolute atomic E-state index is 0.0406. The Hall–Kier alpha value is -2.07. The quantitative estimate of drug-likeness (QED) is 0.920. The van der Waals surface area contributed by atoms with Crippen molar-refractivity contribution < 1.29 is 4.79 Å². The van der Waals surface area contributed by atoms with Gasteiger partial charge in [0.05, 0.1) is 5.56 Å². The summed E-state index contributed by atoms with van der Waals surface area (Å²) in [5.41, 5.74) is 2.41. The summed E-state index contributed by atoms with van der Waals surface area (Å²) in [7, 11) is 1.79. The van der Waals surface area contributed by atoms with Crippen molar-refractivity contribution in [1.82, 2.24) is 9.88 Å². The summed E-state index contributed by atoms with van der Waals surface area (Å²) in [5.74, 6) is -0.0406. The van der Waals surface area contributed by atoms with Crippen LogP contribution in [0.1, 0.15) is 22.8 Å². The molecular weight excluding hydrogens is 286 g/mol. The number of rotatable bonds is 5. The van der Waals surface area contributed by atoms with E-state index in [9.17, 15) is 4.79 Å². The first-order valence-electron chi connectivity index (χ1n) is 6.81. The summed E-state index contributed by atoms with van der Waals surface area (Å²) >= 11 is 6.02. The maximum absolute atomic E-state index is 12.7. The molecule has 0 spiro atoms. The van der Waals surface area contributed by atoms with E-state index in [1.807, 2.05) is 25.1 Å². The van der Waals surface area contributed by atoms with E-state index < -0.39 is 0 Å². The van der Waals surface area contributed by atoms with E-state index in [0.717, 1.165) is 11.3 Å². The number of nitrogens with zero attached hydrogens (tertiary/aromatic N) is 2. The van der Waals surface area contributed by atoms with Crippen LogP contribution in [-0.2, 0) is 6.54 Å². The summed E-state index contributed by atoms with van der Waals surface area (Å²) < 4.78 is 0. The van der Waals surface area contributed by atoms with Crippen LogP contribution in [0.5, 0.6) is 0 Å². The van der Waals surface area contributed by atoms with Gasteiger partial charge < -0.3 is 10.2 Å². The second-order valence-electron chi connectivity index (χ2n) is 4.61. The van der Waals surface area contributed by atoms with Gasteiger partial charge >= 0.3 is 0 Å². The van der Waals surface area contributed by atoms with Crippen molar-refractivity contribution in [2.45, 2.75) is 13.5 Å². The minimum Gasteiger partial charge on any atom is -0.387 e. The Morgan fingerprint density at radius 2 is 2.00 bits per heavy atom. The van der Waals surface area contributed by atoms with Gasteiger partial charge in [-0.25, -0.2) is 0 Å². The second-order valence-corrected chi connectivity index (χ2v) is 5.05. The van der Waals surface area contributed by atoms with E-state index in [2.05, 4.69) is 10.3 Å². The Morgan fingerprint density at radius 1 is 1.29 bits per heavy atom. The molecule has 4 nitrogen and oxygen atoms in total. The van der Waals surface area contributed by atoms with E-state index in [4.69, 9.17) is 11.6 Å². The SMILES string of the molecule is CCN(Cc1ccncc1)C(=O)c1cc(Cl)ccc1NC. The zero-order valence-corrected chi connectivity index (χ0v) is 12.9. The lowest BCUT2D eigenvalue weighted by atomic mass is 10.1. The molecule has 110 valence electrons. The van der Waals surface area contributed by atoms with Gasteiger partial charge in [0, 0.05) is 43.2 Å². The van der Waals surface area contributed by atoms with Crippen LogP contribution in [-0.4, -0.2) is 29.4 Å². The lowest BCUT2D eigenvalue weighted by Gasteiger charge is -2.22. The van der Waals surface area contributed by atoms with Crippen molar-refractivity contribution >= 4 is 23.2 Å². The number of anilines is 1. The average Bonchev–Trinajstić information content (AvgIpc) is 2.53. The van der Waals surface area contributed by atoms with Crippen molar-refractivity contribution in [2.75, 3.05) is 18.9 Å². The third-order valence-electron chi connectivity index (χ3n) is 3.27. The Balaban J connectivity index is 2.26. The first-order valence-corrected chi connectivity index (χ1v) is 7.19. The molecule has 1 N–H and O–H groups in total. The highest BCUT2D eigenvalue weighted by atomic mass is 35.5. The van der Waals surface area contributed by atoms with Crippen molar-refractivity contribution in [3.63, 3.8) is 0 Å². The largest absolute Gasteiger partial charge is 0.387 e. The van der Waals surface area contributed by atoms with E-state index >= 15 is 0 Å². The van der Waals surface area contributed by atoms with Gasteiger partial charge in [-0.15, -0.1) is 0 Å². The number of amides is 1. The number of aromatic nitrogens is 1. The van der Waals surface area contributed by atoms with E-state index in [1.54, 1.807) is 36.5 Å². The summed E-state index contributed by atoms with van der Waals surface area (Å²) in [6.07, 6.45) is 3.46. The highest BCUT2D eigenvalue weighted by Gasteiger charge is 2.18. The molecule has 2 aromatic rings. The number of nitrogens with one attached hydrogen (secondary N) is 1. The number of carbonyl (C=O) groups is 1. The van der Waals surface area contributed by atoms with Gasteiger partial charge in [0.1, 0.15) is 0 Å². The first-order chi connectivity index (χ1) is 10.2.